The van der Waals surface area contributed by atoms with Gasteiger partial charge >= 0.3 is 0 Å². The van der Waals surface area contributed by atoms with E-state index in [-0.39, 0.29) is 23.8 Å². The molecule has 2 heterocycles. The molecule has 0 radical (unpaired) electrons. The third kappa shape index (κ3) is 4.07. The Bertz CT molecular complexity index is 1110. The third-order valence-electron chi connectivity index (χ3n) is 5.87. The van der Waals surface area contributed by atoms with Crippen LogP contribution in [0.2, 0.25) is 5.02 Å². The van der Waals surface area contributed by atoms with E-state index < -0.39 is 0 Å². The Morgan fingerprint density at radius 1 is 1.30 bits per heavy atom. The number of hydrogen-bond donors (Lipinski definition) is 2. The van der Waals surface area contributed by atoms with E-state index in [1.807, 2.05) is 49.5 Å². The zero-order valence-corrected chi connectivity index (χ0v) is 17.6. The summed E-state index contributed by atoms with van der Waals surface area (Å²) in [4.78, 5) is 16.2. The molecule has 154 valence electrons. The van der Waals surface area contributed by atoms with Crippen molar-refractivity contribution < 1.29 is 9.53 Å². The Kier molecular flexibility index (Phi) is 5.80. The molecule has 1 saturated heterocycles. The highest BCUT2D eigenvalue weighted by molar-refractivity contribution is 6.32. The second-order valence-electron chi connectivity index (χ2n) is 8.05. The van der Waals surface area contributed by atoms with E-state index in [2.05, 4.69) is 16.4 Å². The van der Waals surface area contributed by atoms with Crippen LogP contribution >= 0.6 is 11.6 Å². The van der Waals surface area contributed by atoms with Crippen molar-refractivity contribution in [3.05, 3.63) is 70.4 Å². The van der Waals surface area contributed by atoms with Gasteiger partial charge in [-0.1, -0.05) is 41.9 Å². The summed E-state index contributed by atoms with van der Waals surface area (Å²) < 4.78 is 5.78. The number of aromatic nitrogens is 1. The first-order valence-corrected chi connectivity index (χ1v) is 10.5. The number of halogens is 1. The molecule has 2 unspecified atom stereocenters. The summed E-state index contributed by atoms with van der Waals surface area (Å²) in [7, 11) is 0. The minimum absolute atomic E-state index is 0.0690. The van der Waals surface area contributed by atoms with Crippen LogP contribution in [-0.2, 0) is 9.53 Å². The molecule has 3 aromatic rings. The molecule has 1 fully saturated rings. The number of hydrogen-bond acceptors (Lipinski definition) is 3. The number of fused-ring (bicyclic) bond motifs is 1. The van der Waals surface area contributed by atoms with Gasteiger partial charge in [0.05, 0.1) is 16.2 Å². The van der Waals surface area contributed by atoms with Gasteiger partial charge in [-0.25, -0.2) is 0 Å². The van der Waals surface area contributed by atoms with Crippen LogP contribution in [-0.4, -0.2) is 29.6 Å². The van der Waals surface area contributed by atoms with Crippen molar-refractivity contribution in [3.63, 3.8) is 0 Å². The van der Waals surface area contributed by atoms with Crippen molar-refractivity contribution in [2.24, 2.45) is 0 Å². The van der Waals surface area contributed by atoms with Gasteiger partial charge in [-0.2, -0.15) is 5.26 Å². The summed E-state index contributed by atoms with van der Waals surface area (Å²) >= 11 is 6.57. The highest BCUT2D eigenvalue weighted by Gasteiger charge is 2.31. The highest BCUT2D eigenvalue weighted by Crippen LogP contribution is 2.38. The molecule has 1 aliphatic rings. The van der Waals surface area contributed by atoms with Gasteiger partial charge in [0, 0.05) is 42.6 Å². The zero-order chi connectivity index (χ0) is 21.1. The van der Waals surface area contributed by atoms with Crippen molar-refractivity contribution in [2.75, 3.05) is 13.2 Å². The van der Waals surface area contributed by atoms with Crippen LogP contribution in [0, 0.1) is 11.3 Å². The monoisotopic (exact) mass is 421 g/mol. The molecule has 0 aliphatic carbocycles. The Balaban J connectivity index is 1.66. The van der Waals surface area contributed by atoms with Gasteiger partial charge in [-0.15, -0.1) is 0 Å². The Morgan fingerprint density at radius 2 is 2.13 bits per heavy atom. The van der Waals surface area contributed by atoms with Gasteiger partial charge in [0.1, 0.15) is 6.07 Å². The van der Waals surface area contributed by atoms with E-state index in [0.717, 1.165) is 41.5 Å². The van der Waals surface area contributed by atoms with E-state index in [0.29, 0.717) is 17.1 Å². The predicted molar refractivity (Wildman–Crippen MR) is 118 cm³/mol. The third-order valence-corrected chi connectivity index (χ3v) is 6.29. The second-order valence-corrected chi connectivity index (χ2v) is 8.42. The summed E-state index contributed by atoms with van der Waals surface area (Å²) in [6.07, 6.45) is 4.11. The molecule has 0 spiro atoms. The van der Waals surface area contributed by atoms with Crippen LogP contribution in [0.25, 0.3) is 10.9 Å². The van der Waals surface area contributed by atoms with Crippen LogP contribution in [0.4, 0.5) is 0 Å². The average Bonchev–Trinajstić information content (AvgIpc) is 3.38. The molecular formula is C24H24ClN3O2. The molecule has 1 aromatic heterocycles. The molecule has 4 rings (SSSR count). The van der Waals surface area contributed by atoms with Crippen molar-refractivity contribution in [3.8, 4) is 6.07 Å². The van der Waals surface area contributed by atoms with Gasteiger partial charge in [0.25, 0.3) is 0 Å². The molecular weight excluding hydrogens is 398 g/mol. The maximum absolute atomic E-state index is 12.9. The first-order chi connectivity index (χ1) is 14.5. The number of rotatable bonds is 6. The fraction of sp³-hybridized carbons (Fsp3) is 0.333. The number of aromatic amines is 1. The SMILES string of the molecule is CC1(CNC(=O)CC(c2cccc(C#N)c2Cl)c2c[nH]c3ccccc23)CCCO1. The molecule has 1 amide bonds. The summed E-state index contributed by atoms with van der Waals surface area (Å²) in [5.41, 5.74) is 2.87. The van der Waals surface area contributed by atoms with Gasteiger partial charge in [0.2, 0.25) is 5.91 Å². The fourth-order valence-electron chi connectivity index (χ4n) is 4.19. The molecule has 1 aliphatic heterocycles. The van der Waals surface area contributed by atoms with Crippen LogP contribution in [0.1, 0.15) is 48.8 Å². The normalized spacial score (nSPS) is 19.5. The first kappa shape index (κ1) is 20.5. The van der Waals surface area contributed by atoms with Gasteiger partial charge in [0.15, 0.2) is 0 Å². The van der Waals surface area contributed by atoms with E-state index >= 15 is 0 Å². The van der Waals surface area contributed by atoms with Crippen LogP contribution < -0.4 is 5.32 Å². The summed E-state index contributed by atoms with van der Waals surface area (Å²) in [6, 6.07) is 15.5. The number of carbonyl (C=O) groups excluding carboxylic acids is 1. The van der Waals surface area contributed by atoms with Crippen LogP contribution in [0.5, 0.6) is 0 Å². The van der Waals surface area contributed by atoms with Gasteiger partial charge in [-0.05, 0) is 43.0 Å². The number of nitriles is 1. The van der Waals surface area contributed by atoms with Crippen molar-refractivity contribution in [2.45, 2.75) is 37.7 Å². The molecule has 0 bridgehead atoms. The Hall–Kier alpha value is -2.81. The lowest BCUT2D eigenvalue weighted by Crippen LogP contribution is -2.40. The van der Waals surface area contributed by atoms with E-state index in [4.69, 9.17) is 16.3 Å². The molecule has 2 aromatic carbocycles. The van der Waals surface area contributed by atoms with Crippen molar-refractivity contribution >= 4 is 28.4 Å². The second kappa shape index (κ2) is 8.51. The maximum atomic E-state index is 12.9. The maximum Gasteiger partial charge on any atom is 0.221 e. The van der Waals surface area contributed by atoms with E-state index in [1.54, 1.807) is 6.07 Å². The largest absolute Gasteiger partial charge is 0.373 e. The molecule has 30 heavy (non-hydrogen) atoms. The lowest BCUT2D eigenvalue weighted by atomic mass is 9.87. The van der Waals surface area contributed by atoms with Gasteiger partial charge < -0.3 is 15.0 Å². The standard InChI is InChI=1S/C24H24ClN3O2/c1-24(10-5-11-30-24)15-28-22(29)12-19(18-8-4-6-16(13-26)23(18)25)20-14-27-21-9-3-2-7-17(20)21/h2-4,6-9,14,19,27H,5,10-12,15H2,1H3,(H,28,29). The highest BCUT2D eigenvalue weighted by atomic mass is 35.5. The van der Waals surface area contributed by atoms with E-state index in [1.165, 1.54) is 0 Å². The summed E-state index contributed by atoms with van der Waals surface area (Å²) in [5, 5.41) is 13.9. The van der Waals surface area contributed by atoms with Crippen molar-refractivity contribution in [1.82, 2.24) is 10.3 Å². The topological polar surface area (TPSA) is 77.9 Å². The Labute approximate surface area is 181 Å². The number of carbonyl (C=O) groups is 1. The van der Waals surface area contributed by atoms with Gasteiger partial charge in [-0.3, -0.25) is 4.79 Å². The summed E-state index contributed by atoms with van der Waals surface area (Å²) in [5.74, 6) is -0.348. The average molecular weight is 422 g/mol. The first-order valence-electron chi connectivity index (χ1n) is 10.2. The zero-order valence-electron chi connectivity index (χ0n) is 16.9. The minimum Gasteiger partial charge on any atom is -0.373 e. The summed E-state index contributed by atoms with van der Waals surface area (Å²) in [6.45, 7) is 3.25. The smallest absolute Gasteiger partial charge is 0.221 e. The molecule has 6 heteroatoms. The predicted octanol–water partition coefficient (Wildman–Crippen LogP) is 4.90. The number of benzene rings is 2. The lowest BCUT2D eigenvalue weighted by molar-refractivity contribution is -0.122. The number of para-hydroxylation sites is 1. The number of H-pyrrole nitrogens is 1. The van der Waals surface area contributed by atoms with Crippen LogP contribution in [0.15, 0.2) is 48.7 Å². The molecule has 2 atom stereocenters. The van der Waals surface area contributed by atoms with Crippen LogP contribution in [0.3, 0.4) is 0 Å². The minimum atomic E-state index is -0.301. The fourth-order valence-corrected chi connectivity index (χ4v) is 4.49. The molecule has 0 saturated carbocycles. The number of nitrogens with zero attached hydrogens (tertiary/aromatic N) is 1. The Morgan fingerprint density at radius 3 is 2.90 bits per heavy atom. The quantitative estimate of drug-likeness (QED) is 0.594. The van der Waals surface area contributed by atoms with E-state index in [9.17, 15) is 10.1 Å². The molecule has 5 nitrogen and oxygen atoms in total. The van der Waals surface area contributed by atoms with Crippen molar-refractivity contribution in [1.29, 1.82) is 5.26 Å². The molecule has 2 N–H and O–H groups in total. The number of nitrogens with one attached hydrogen (secondary N) is 2. The number of ether oxygens (including phenoxy) is 1. The lowest BCUT2D eigenvalue weighted by Gasteiger charge is -2.24. The number of amides is 1.